The van der Waals surface area contributed by atoms with Crippen LogP contribution >= 0.6 is 11.3 Å². The van der Waals surface area contributed by atoms with Gasteiger partial charge in [0.1, 0.15) is 5.75 Å². The second-order valence-corrected chi connectivity index (χ2v) is 7.30. The van der Waals surface area contributed by atoms with Gasteiger partial charge >= 0.3 is 0 Å². The fourth-order valence-electron chi connectivity index (χ4n) is 2.80. The molecule has 4 nitrogen and oxygen atoms in total. The molecule has 5 heteroatoms. The summed E-state index contributed by atoms with van der Waals surface area (Å²) >= 11 is 1.54. The van der Waals surface area contributed by atoms with E-state index in [2.05, 4.69) is 23.7 Å². The number of nitrogens with zero attached hydrogens (tertiary/aromatic N) is 2. The minimum Gasteiger partial charge on any atom is -0.494 e. The summed E-state index contributed by atoms with van der Waals surface area (Å²) in [7, 11) is 1.78. The number of anilines is 1. The Hall–Kier alpha value is -2.84. The van der Waals surface area contributed by atoms with Crippen molar-refractivity contribution in [1.82, 2.24) is 4.98 Å². The highest BCUT2D eigenvalue weighted by atomic mass is 32.1. The van der Waals surface area contributed by atoms with Crippen LogP contribution in [0.15, 0.2) is 48.0 Å². The first kappa shape index (κ1) is 19.9. The lowest BCUT2D eigenvalue weighted by Crippen LogP contribution is -2.26. The first-order chi connectivity index (χ1) is 13.7. The smallest absolute Gasteiger partial charge is 0.258 e. The van der Waals surface area contributed by atoms with Crippen molar-refractivity contribution in [3.63, 3.8) is 0 Å². The minimum absolute atomic E-state index is 0.0538. The number of carbonyl (C=O) groups is 1. The van der Waals surface area contributed by atoms with Gasteiger partial charge in [-0.3, -0.25) is 4.79 Å². The third-order valence-corrected chi connectivity index (χ3v) is 5.15. The van der Waals surface area contributed by atoms with Crippen LogP contribution < -0.4 is 9.64 Å². The van der Waals surface area contributed by atoms with Crippen LogP contribution in [-0.2, 0) is 0 Å². The molecule has 0 aliphatic rings. The summed E-state index contributed by atoms with van der Waals surface area (Å²) in [6, 6.07) is 13.2. The van der Waals surface area contributed by atoms with Gasteiger partial charge in [0.25, 0.3) is 5.91 Å². The van der Waals surface area contributed by atoms with Crippen molar-refractivity contribution >= 4 is 33.1 Å². The molecule has 0 radical (unpaired) electrons. The molecule has 1 heterocycles. The van der Waals surface area contributed by atoms with E-state index in [1.54, 1.807) is 17.5 Å². The largest absolute Gasteiger partial charge is 0.494 e. The SMILES string of the molecule is CCC#CCCCCOc1cccc(N(C)C(=O)c2ccc3ncsc3c2)c1. The number of unbranched alkanes of at least 4 members (excludes halogenated alkanes) is 2. The van der Waals surface area contributed by atoms with E-state index in [0.717, 1.165) is 47.3 Å². The third-order valence-electron chi connectivity index (χ3n) is 4.35. The highest BCUT2D eigenvalue weighted by Gasteiger charge is 2.15. The molecule has 3 aromatic rings. The van der Waals surface area contributed by atoms with Crippen molar-refractivity contribution in [2.24, 2.45) is 0 Å². The van der Waals surface area contributed by atoms with E-state index in [9.17, 15) is 4.79 Å². The number of fused-ring (bicyclic) bond motifs is 1. The number of hydrogen-bond donors (Lipinski definition) is 0. The summed E-state index contributed by atoms with van der Waals surface area (Å²) in [6.07, 6.45) is 3.82. The summed E-state index contributed by atoms with van der Waals surface area (Å²) in [5.41, 5.74) is 4.17. The Morgan fingerprint density at radius 1 is 1.18 bits per heavy atom. The van der Waals surface area contributed by atoms with Crippen molar-refractivity contribution in [1.29, 1.82) is 0 Å². The summed E-state index contributed by atoms with van der Waals surface area (Å²) in [6.45, 7) is 2.71. The number of ether oxygens (including phenoxy) is 1. The van der Waals surface area contributed by atoms with Crippen LogP contribution in [0.2, 0.25) is 0 Å². The van der Waals surface area contributed by atoms with E-state index >= 15 is 0 Å². The van der Waals surface area contributed by atoms with Gasteiger partial charge < -0.3 is 9.64 Å². The minimum atomic E-state index is -0.0538. The number of hydrogen-bond acceptors (Lipinski definition) is 4. The van der Waals surface area contributed by atoms with E-state index in [-0.39, 0.29) is 5.91 Å². The maximum absolute atomic E-state index is 12.9. The van der Waals surface area contributed by atoms with E-state index in [0.29, 0.717) is 12.2 Å². The lowest BCUT2D eigenvalue weighted by atomic mass is 10.1. The maximum atomic E-state index is 12.9. The van der Waals surface area contributed by atoms with Gasteiger partial charge in [-0.1, -0.05) is 13.0 Å². The molecule has 2 aromatic carbocycles. The Balaban J connectivity index is 1.59. The Bertz CT molecular complexity index is 1000. The van der Waals surface area contributed by atoms with Gasteiger partial charge in [-0.15, -0.1) is 23.2 Å². The van der Waals surface area contributed by atoms with Crippen molar-refractivity contribution in [3.05, 3.63) is 53.5 Å². The van der Waals surface area contributed by atoms with Gasteiger partial charge in [-0.05, 0) is 43.2 Å². The van der Waals surface area contributed by atoms with E-state index in [4.69, 9.17) is 4.74 Å². The quantitative estimate of drug-likeness (QED) is 0.392. The average Bonchev–Trinajstić information content (AvgIpc) is 3.20. The molecule has 0 saturated heterocycles. The maximum Gasteiger partial charge on any atom is 0.258 e. The van der Waals surface area contributed by atoms with Crippen LogP contribution in [-0.4, -0.2) is 24.5 Å². The summed E-state index contributed by atoms with van der Waals surface area (Å²) < 4.78 is 6.86. The average molecular weight is 393 g/mol. The molecule has 0 saturated carbocycles. The zero-order valence-electron chi connectivity index (χ0n) is 16.3. The van der Waals surface area contributed by atoms with Crippen molar-refractivity contribution in [3.8, 4) is 17.6 Å². The first-order valence-corrected chi connectivity index (χ1v) is 10.4. The zero-order valence-corrected chi connectivity index (χ0v) is 17.1. The van der Waals surface area contributed by atoms with Crippen molar-refractivity contribution in [2.45, 2.75) is 32.6 Å². The van der Waals surface area contributed by atoms with Crippen LogP contribution in [0.25, 0.3) is 10.2 Å². The molecule has 1 aromatic heterocycles. The number of aromatic nitrogens is 1. The number of thiazole rings is 1. The normalized spacial score (nSPS) is 10.4. The number of benzene rings is 2. The van der Waals surface area contributed by atoms with E-state index < -0.39 is 0 Å². The standard InChI is InChI=1S/C23H24N2O2S/c1-3-4-5-6-7-8-14-27-20-11-9-10-19(16-20)25(2)23(26)18-12-13-21-22(15-18)28-17-24-21/h9-13,15-17H,3,6-8,14H2,1-2H3. The highest BCUT2D eigenvalue weighted by molar-refractivity contribution is 7.16. The molecule has 0 fully saturated rings. The molecule has 0 N–H and O–H groups in total. The first-order valence-electron chi connectivity index (χ1n) is 9.49. The molecule has 28 heavy (non-hydrogen) atoms. The zero-order chi connectivity index (χ0) is 19.8. The van der Waals surface area contributed by atoms with Gasteiger partial charge in [0.05, 0.1) is 22.3 Å². The van der Waals surface area contributed by atoms with Crippen LogP contribution in [0, 0.1) is 11.8 Å². The second-order valence-electron chi connectivity index (χ2n) is 6.41. The highest BCUT2D eigenvalue weighted by Crippen LogP contribution is 2.24. The fraction of sp³-hybridized carbons (Fsp3) is 0.304. The number of carbonyl (C=O) groups excluding carboxylic acids is 1. The molecular weight excluding hydrogens is 368 g/mol. The predicted molar refractivity (Wildman–Crippen MR) is 116 cm³/mol. The van der Waals surface area contributed by atoms with Crippen LogP contribution in [0.3, 0.4) is 0 Å². The van der Waals surface area contributed by atoms with Gasteiger partial charge in [-0.25, -0.2) is 4.98 Å². The van der Waals surface area contributed by atoms with E-state index in [1.165, 1.54) is 11.3 Å². The Morgan fingerprint density at radius 3 is 2.93 bits per heavy atom. The molecule has 144 valence electrons. The molecular formula is C23H24N2O2S. The van der Waals surface area contributed by atoms with Crippen molar-refractivity contribution < 1.29 is 9.53 Å². The fourth-order valence-corrected chi connectivity index (χ4v) is 3.52. The van der Waals surface area contributed by atoms with Crippen LogP contribution in [0.4, 0.5) is 5.69 Å². The topological polar surface area (TPSA) is 42.4 Å². The lowest BCUT2D eigenvalue weighted by Gasteiger charge is -2.18. The molecule has 0 aliphatic heterocycles. The van der Waals surface area contributed by atoms with Crippen LogP contribution in [0.5, 0.6) is 5.75 Å². The van der Waals surface area contributed by atoms with E-state index in [1.807, 2.05) is 42.5 Å². The van der Waals surface area contributed by atoms with Gasteiger partial charge in [0.2, 0.25) is 0 Å². The number of rotatable bonds is 7. The van der Waals surface area contributed by atoms with Crippen LogP contribution in [0.1, 0.15) is 43.0 Å². The Kier molecular flexibility index (Phi) is 7.05. The van der Waals surface area contributed by atoms with Crippen molar-refractivity contribution in [2.75, 3.05) is 18.6 Å². The molecule has 0 bridgehead atoms. The lowest BCUT2D eigenvalue weighted by molar-refractivity contribution is 0.0993. The molecule has 3 rings (SSSR count). The Morgan fingerprint density at radius 2 is 2.07 bits per heavy atom. The summed E-state index contributed by atoms with van der Waals surface area (Å²) in [4.78, 5) is 18.8. The molecule has 0 atom stereocenters. The monoisotopic (exact) mass is 392 g/mol. The second kappa shape index (κ2) is 9.91. The number of amides is 1. The van der Waals surface area contributed by atoms with Gasteiger partial charge in [-0.2, -0.15) is 0 Å². The predicted octanol–water partition coefficient (Wildman–Crippen LogP) is 5.54. The molecule has 0 spiro atoms. The third kappa shape index (κ3) is 5.11. The summed E-state index contributed by atoms with van der Waals surface area (Å²) in [5, 5.41) is 0. The Labute approximate surface area is 170 Å². The van der Waals surface area contributed by atoms with Gasteiger partial charge in [0, 0.05) is 37.2 Å². The van der Waals surface area contributed by atoms with Gasteiger partial charge in [0.15, 0.2) is 0 Å². The summed E-state index contributed by atoms with van der Waals surface area (Å²) in [5.74, 6) is 6.94. The molecule has 0 unspecified atom stereocenters. The molecule has 0 aliphatic carbocycles. The molecule has 1 amide bonds.